The summed E-state index contributed by atoms with van der Waals surface area (Å²) in [5.74, 6) is -1.27. The van der Waals surface area contributed by atoms with Crippen LogP contribution >= 0.6 is 0 Å². The molecule has 0 unspecified atom stereocenters. The van der Waals surface area contributed by atoms with E-state index < -0.39 is 5.97 Å². The van der Waals surface area contributed by atoms with Crippen LogP contribution < -0.4 is 4.90 Å². The van der Waals surface area contributed by atoms with E-state index in [4.69, 9.17) is 4.74 Å². The third-order valence-corrected chi connectivity index (χ3v) is 4.45. The SMILES string of the molecule is O=C(OCC(=O)N1CCCCC1)c1ccc(N2C(=O)CCC2=O)cc1. The summed E-state index contributed by atoms with van der Waals surface area (Å²) in [7, 11) is 0. The second-order valence-electron chi connectivity index (χ2n) is 6.19. The van der Waals surface area contributed by atoms with Gasteiger partial charge >= 0.3 is 5.97 Å². The number of imide groups is 1. The van der Waals surface area contributed by atoms with E-state index in [1.54, 1.807) is 4.90 Å². The molecule has 2 aliphatic heterocycles. The Hall–Kier alpha value is -2.70. The molecule has 2 heterocycles. The Labute approximate surface area is 145 Å². The number of ether oxygens (including phenoxy) is 1. The highest BCUT2D eigenvalue weighted by molar-refractivity contribution is 6.19. The highest BCUT2D eigenvalue weighted by atomic mass is 16.5. The van der Waals surface area contributed by atoms with Crippen molar-refractivity contribution in [3.8, 4) is 0 Å². The molecule has 2 fully saturated rings. The van der Waals surface area contributed by atoms with Crippen molar-refractivity contribution < 1.29 is 23.9 Å². The van der Waals surface area contributed by atoms with E-state index in [-0.39, 0.29) is 42.7 Å². The van der Waals surface area contributed by atoms with Crippen molar-refractivity contribution in [2.45, 2.75) is 32.1 Å². The molecular formula is C18H20N2O5. The Kier molecular flexibility index (Phi) is 5.11. The minimum Gasteiger partial charge on any atom is -0.452 e. The first-order chi connectivity index (χ1) is 12.1. The van der Waals surface area contributed by atoms with E-state index in [9.17, 15) is 19.2 Å². The standard InChI is InChI=1S/C18H20N2O5/c21-15-8-9-16(22)20(15)14-6-4-13(5-7-14)18(24)25-12-17(23)19-10-2-1-3-11-19/h4-7H,1-3,8-12H2. The number of rotatable bonds is 4. The van der Waals surface area contributed by atoms with Gasteiger partial charge in [-0.2, -0.15) is 0 Å². The maximum atomic E-state index is 12.1. The molecule has 0 saturated carbocycles. The number of anilines is 1. The van der Waals surface area contributed by atoms with Gasteiger partial charge in [-0.05, 0) is 43.5 Å². The summed E-state index contributed by atoms with van der Waals surface area (Å²) in [6.45, 7) is 1.15. The number of benzene rings is 1. The van der Waals surface area contributed by atoms with Crippen molar-refractivity contribution in [2.24, 2.45) is 0 Å². The van der Waals surface area contributed by atoms with Gasteiger partial charge in [-0.1, -0.05) is 0 Å². The second kappa shape index (κ2) is 7.46. The first kappa shape index (κ1) is 17.1. The Morgan fingerprint density at radius 1 is 0.920 bits per heavy atom. The van der Waals surface area contributed by atoms with Crippen LogP contribution in [0.2, 0.25) is 0 Å². The largest absolute Gasteiger partial charge is 0.452 e. The van der Waals surface area contributed by atoms with Gasteiger partial charge in [0.1, 0.15) is 0 Å². The normalized spacial score (nSPS) is 17.8. The number of carbonyl (C=O) groups is 4. The van der Waals surface area contributed by atoms with Crippen LogP contribution in [-0.2, 0) is 19.1 Å². The molecule has 0 spiro atoms. The van der Waals surface area contributed by atoms with Crippen LogP contribution in [0.15, 0.2) is 24.3 Å². The van der Waals surface area contributed by atoms with Crippen molar-refractivity contribution in [2.75, 3.05) is 24.6 Å². The molecular weight excluding hydrogens is 324 g/mol. The number of likely N-dealkylation sites (tertiary alicyclic amines) is 1. The van der Waals surface area contributed by atoms with Crippen LogP contribution in [0.5, 0.6) is 0 Å². The fourth-order valence-electron chi connectivity index (χ4n) is 3.06. The first-order valence-electron chi connectivity index (χ1n) is 8.47. The van der Waals surface area contributed by atoms with Crippen LogP contribution in [0.3, 0.4) is 0 Å². The fraction of sp³-hybridized carbons (Fsp3) is 0.444. The highest BCUT2D eigenvalue weighted by Crippen LogP contribution is 2.23. The Morgan fingerprint density at radius 2 is 1.52 bits per heavy atom. The molecule has 7 nitrogen and oxygen atoms in total. The molecule has 2 aliphatic rings. The van der Waals surface area contributed by atoms with Crippen molar-refractivity contribution in [1.82, 2.24) is 4.90 Å². The quantitative estimate of drug-likeness (QED) is 0.611. The van der Waals surface area contributed by atoms with Gasteiger partial charge in [-0.3, -0.25) is 19.3 Å². The van der Waals surface area contributed by atoms with Crippen LogP contribution in [0.25, 0.3) is 0 Å². The van der Waals surface area contributed by atoms with Gasteiger partial charge in [-0.15, -0.1) is 0 Å². The second-order valence-corrected chi connectivity index (χ2v) is 6.19. The third kappa shape index (κ3) is 3.87. The predicted octanol–water partition coefficient (Wildman–Crippen LogP) is 1.51. The average Bonchev–Trinajstić information content (AvgIpc) is 2.98. The van der Waals surface area contributed by atoms with Crippen molar-refractivity contribution >= 4 is 29.4 Å². The number of hydrogen-bond acceptors (Lipinski definition) is 5. The summed E-state index contributed by atoms with van der Waals surface area (Å²) < 4.78 is 5.07. The third-order valence-electron chi connectivity index (χ3n) is 4.45. The number of amides is 3. The van der Waals surface area contributed by atoms with Crippen molar-refractivity contribution in [1.29, 1.82) is 0 Å². The van der Waals surface area contributed by atoms with E-state index >= 15 is 0 Å². The van der Waals surface area contributed by atoms with Crippen LogP contribution in [0, 0.1) is 0 Å². The van der Waals surface area contributed by atoms with E-state index in [0.29, 0.717) is 18.8 Å². The summed E-state index contributed by atoms with van der Waals surface area (Å²) in [4.78, 5) is 50.3. The summed E-state index contributed by atoms with van der Waals surface area (Å²) in [5, 5.41) is 0. The zero-order chi connectivity index (χ0) is 17.8. The van der Waals surface area contributed by atoms with E-state index in [1.807, 2.05) is 0 Å². The predicted molar refractivity (Wildman–Crippen MR) is 88.9 cm³/mol. The molecule has 2 saturated heterocycles. The molecule has 0 radical (unpaired) electrons. The Bertz CT molecular complexity index is 676. The first-order valence-corrected chi connectivity index (χ1v) is 8.47. The molecule has 0 atom stereocenters. The van der Waals surface area contributed by atoms with Crippen LogP contribution in [-0.4, -0.2) is 48.3 Å². The number of hydrogen-bond donors (Lipinski definition) is 0. The van der Waals surface area contributed by atoms with E-state index in [0.717, 1.165) is 24.2 Å². The molecule has 3 rings (SSSR count). The molecule has 132 valence electrons. The molecule has 0 aromatic heterocycles. The number of esters is 1. The van der Waals surface area contributed by atoms with Gasteiger partial charge in [0, 0.05) is 25.9 Å². The minimum absolute atomic E-state index is 0.182. The zero-order valence-corrected chi connectivity index (χ0v) is 13.9. The van der Waals surface area contributed by atoms with Gasteiger partial charge < -0.3 is 9.64 Å². The topological polar surface area (TPSA) is 84.0 Å². The molecule has 1 aromatic carbocycles. The highest BCUT2D eigenvalue weighted by Gasteiger charge is 2.30. The van der Waals surface area contributed by atoms with Crippen LogP contribution in [0.4, 0.5) is 5.69 Å². The van der Waals surface area contributed by atoms with Crippen molar-refractivity contribution in [3.05, 3.63) is 29.8 Å². The van der Waals surface area contributed by atoms with E-state index in [2.05, 4.69) is 0 Å². The van der Waals surface area contributed by atoms with Gasteiger partial charge in [0.05, 0.1) is 11.3 Å². The zero-order valence-electron chi connectivity index (χ0n) is 13.9. The van der Waals surface area contributed by atoms with Crippen molar-refractivity contribution in [3.63, 3.8) is 0 Å². The summed E-state index contributed by atoms with van der Waals surface area (Å²) in [6, 6.07) is 6.04. The van der Waals surface area contributed by atoms with E-state index in [1.165, 1.54) is 24.3 Å². The number of nitrogens with zero attached hydrogens (tertiary/aromatic N) is 2. The molecule has 7 heteroatoms. The maximum Gasteiger partial charge on any atom is 0.338 e. The molecule has 0 aliphatic carbocycles. The average molecular weight is 344 g/mol. The summed E-state index contributed by atoms with van der Waals surface area (Å²) in [6.07, 6.45) is 3.50. The van der Waals surface area contributed by atoms with Gasteiger partial charge in [0.25, 0.3) is 5.91 Å². The molecule has 1 aromatic rings. The summed E-state index contributed by atoms with van der Waals surface area (Å²) >= 11 is 0. The lowest BCUT2D eigenvalue weighted by Crippen LogP contribution is -2.38. The smallest absolute Gasteiger partial charge is 0.338 e. The summed E-state index contributed by atoms with van der Waals surface area (Å²) in [5.41, 5.74) is 0.711. The lowest BCUT2D eigenvalue weighted by molar-refractivity contribution is -0.135. The Balaban J connectivity index is 1.56. The maximum absolute atomic E-state index is 12.1. The van der Waals surface area contributed by atoms with Gasteiger partial charge in [0.15, 0.2) is 6.61 Å². The lowest BCUT2D eigenvalue weighted by Gasteiger charge is -2.26. The molecule has 0 bridgehead atoms. The fourth-order valence-corrected chi connectivity index (χ4v) is 3.06. The lowest BCUT2D eigenvalue weighted by atomic mass is 10.1. The monoisotopic (exact) mass is 344 g/mol. The van der Waals surface area contributed by atoms with Crippen LogP contribution in [0.1, 0.15) is 42.5 Å². The number of carbonyl (C=O) groups excluding carboxylic acids is 4. The number of piperidine rings is 1. The molecule has 25 heavy (non-hydrogen) atoms. The Morgan fingerprint density at radius 3 is 2.12 bits per heavy atom. The minimum atomic E-state index is -0.601. The molecule has 0 N–H and O–H groups in total. The molecule has 3 amide bonds. The van der Waals surface area contributed by atoms with Gasteiger partial charge in [0.2, 0.25) is 11.8 Å². The van der Waals surface area contributed by atoms with Gasteiger partial charge in [-0.25, -0.2) is 4.79 Å².